The van der Waals surface area contributed by atoms with E-state index in [2.05, 4.69) is 9.97 Å². The Hall–Kier alpha value is -3.91. The van der Waals surface area contributed by atoms with Gasteiger partial charge in [-0.3, -0.25) is 4.98 Å². The number of hydrogen-bond acceptors (Lipinski definition) is 3. The summed E-state index contributed by atoms with van der Waals surface area (Å²) in [6.07, 6.45) is 7.00. The Balaban J connectivity index is 1.74. The largest absolute Gasteiger partial charge is 0.478 e. The number of allylic oxidation sites excluding steroid dienone is 1. The molecule has 188 valence electrons. The average Bonchev–Trinajstić information content (AvgIpc) is 3.29. The average molecular weight is 524 g/mol. The van der Waals surface area contributed by atoms with E-state index in [-0.39, 0.29) is 10.9 Å². The molecule has 0 bridgehead atoms. The number of carbonyl (C=O) groups is 1. The number of alkyl halides is 3. The van der Waals surface area contributed by atoms with Gasteiger partial charge in [0.05, 0.1) is 16.3 Å². The van der Waals surface area contributed by atoms with Crippen molar-refractivity contribution in [2.45, 2.75) is 25.4 Å². The van der Waals surface area contributed by atoms with Gasteiger partial charge in [-0.25, -0.2) is 9.78 Å². The summed E-state index contributed by atoms with van der Waals surface area (Å²) in [7, 11) is 0. The number of nitrogens with zero attached hydrogens (tertiary/aromatic N) is 3. The number of aromatic nitrogens is 3. The molecule has 5 nitrogen and oxygen atoms in total. The highest BCUT2D eigenvalue weighted by atomic mass is 35.5. The Morgan fingerprint density at radius 3 is 2.43 bits per heavy atom. The number of carboxylic acid groups (broad SMARTS) is 1. The lowest BCUT2D eigenvalue weighted by Crippen LogP contribution is -2.17. The normalized spacial score (nSPS) is 15.1. The standard InChI is InChI=1S/C28H21ClF3N3O2/c29-22-14-21(28(30,31)32)15-34-27(22)26(18-2-1-3-18)25(20-9-10-23-33-12-13-35(23)16-20)19-7-4-17(5-8-19)6-11-24(36)37/h4-16,18H,1-3H2,(H,36,37). The molecule has 0 radical (unpaired) electrons. The van der Waals surface area contributed by atoms with Crippen molar-refractivity contribution >= 4 is 40.4 Å². The summed E-state index contributed by atoms with van der Waals surface area (Å²) in [5, 5.41) is 8.88. The van der Waals surface area contributed by atoms with E-state index in [1.807, 2.05) is 41.1 Å². The molecule has 0 atom stereocenters. The minimum Gasteiger partial charge on any atom is -0.478 e. The van der Waals surface area contributed by atoms with Crippen molar-refractivity contribution in [2.24, 2.45) is 5.92 Å². The van der Waals surface area contributed by atoms with Gasteiger partial charge in [0.1, 0.15) is 5.65 Å². The fourth-order valence-electron chi connectivity index (χ4n) is 4.48. The first-order chi connectivity index (χ1) is 17.7. The molecule has 1 aliphatic rings. The summed E-state index contributed by atoms with van der Waals surface area (Å²) in [5.41, 5.74) is 4.13. The van der Waals surface area contributed by atoms with Crippen molar-refractivity contribution in [3.63, 3.8) is 0 Å². The lowest BCUT2D eigenvalue weighted by atomic mass is 9.74. The molecule has 0 saturated heterocycles. The lowest BCUT2D eigenvalue weighted by molar-refractivity contribution is -0.138. The summed E-state index contributed by atoms with van der Waals surface area (Å²) in [4.78, 5) is 19.4. The molecule has 9 heteroatoms. The minimum atomic E-state index is -4.55. The van der Waals surface area contributed by atoms with Gasteiger partial charge in [-0.15, -0.1) is 0 Å². The van der Waals surface area contributed by atoms with Crippen LogP contribution in [0.1, 0.15) is 47.2 Å². The molecule has 0 unspecified atom stereocenters. The van der Waals surface area contributed by atoms with Crippen LogP contribution < -0.4 is 0 Å². The number of carboxylic acids is 1. The Morgan fingerprint density at radius 2 is 1.81 bits per heavy atom. The molecule has 3 heterocycles. The van der Waals surface area contributed by atoms with E-state index in [0.29, 0.717) is 11.3 Å². The Kier molecular flexibility index (Phi) is 6.60. The molecule has 3 aromatic heterocycles. The van der Waals surface area contributed by atoms with Gasteiger partial charge in [0.25, 0.3) is 0 Å². The van der Waals surface area contributed by atoms with E-state index in [1.54, 1.807) is 18.3 Å². The van der Waals surface area contributed by atoms with Gasteiger partial charge in [-0.1, -0.05) is 42.3 Å². The van der Waals surface area contributed by atoms with Gasteiger partial charge in [-0.05, 0) is 70.9 Å². The molecule has 0 amide bonds. The maximum absolute atomic E-state index is 13.3. The zero-order chi connectivity index (χ0) is 26.2. The first-order valence-corrected chi connectivity index (χ1v) is 12.0. The summed E-state index contributed by atoms with van der Waals surface area (Å²) in [5.74, 6) is -0.976. The number of hydrogen-bond donors (Lipinski definition) is 1. The maximum Gasteiger partial charge on any atom is 0.417 e. The second-order valence-electron chi connectivity index (χ2n) is 8.87. The number of aliphatic carboxylic acids is 1. The van der Waals surface area contributed by atoms with Crippen molar-refractivity contribution in [1.29, 1.82) is 0 Å². The highest BCUT2D eigenvalue weighted by Gasteiger charge is 2.34. The third-order valence-electron chi connectivity index (χ3n) is 6.50. The van der Waals surface area contributed by atoms with Crippen LogP contribution in [-0.4, -0.2) is 25.4 Å². The molecule has 5 rings (SSSR count). The van der Waals surface area contributed by atoms with Crippen molar-refractivity contribution in [3.05, 3.63) is 106 Å². The Labute approximate surface area is 215 Å². The molecule has 1 aromatic carbocycles. The van der Waals surface area contributed by atoms with Crippen LogP contribution in [0.5, 0.6) is 0 Å². The Morgan fingerprint density at radius 1 is 1.08 bits per heavy atom. The van der Waals surface area contributed by atoms with Crippen LogP contribution in [-0.2, 0) is 11.0 Å². The van der Waals surface area contributed by atoms with Gasteiger partial charge >= 0.3 is 12.1 Å². The zero-order valence-electron chi connectivity index (χ0n) is 19.4. The van der Waals surface area contributed by atoms with Crippen molar-refractivity contribution in [1.82, 2.24) is 14.4 Å². The second kappa shape index (κ2) is 9.86. The number of halogens is 4. The number of benzene rings is 1. The van der Waals surface area contributed by atoms with Crippen LogP contribution in [0.3, 0.4) is 0 Å². The smallest absolute Gasteiger partial charge is 0.417 e. The summed E-state index contributed by atoms with van der Waals surface area (Å²) >= 11 is 6.47. The van der Waals surface area contributed by atoms with E-state index < -0.39 is 17.7 Å². The quantitative estimate of drug-likeness (QED) is 0.270. The first-order valence-electron chi connectivity index (χ1n) is 11.6. The molecule has 0 spiro atoms. The van der Waals surface area contributed by atoms with Gasteiger partial charge in [-0.2, -0.15) is 13.2 Å². The number of pyridine rings is 2. The van der Waals surface area contributed by atoms with Gasteiger partial charge in [0.15, 0.2) is 0 Å². The summed E-state index contributed by atoms with van der Waals surface area (Å²) in [6.45, 7) is 0. The fourth-order valence-corrected chi connectivity index (χ4v) is 4.75. The molecule has 1 aliphatic carbocycles. The molecule has 0 aliphatic heterocycles. The third kappa shape index (κ3) is 5.15. The maximum atomic E-state index is 13.3. The molecule has 1 fully saturated rings. The van der Waals surface area contributed by atoms with Crippen molar-refractivity contribution in [3.8, 4) is 0 Å². The number of imidazole rings is 1. The van der Waals surface area contributed by atoms with Gasteiger partial charge in [0.2, 0.25) is 0 Å². The van der Waals surface area contributed by atoms with E-state index in [4.69, 9.17) is 16.7 Å². The topological polar surface area (TPSA) is 67.5 Å². The van der Waals surface area contributed by atoms with Crippen LogP contribution in [0, 0.1) is 5.92 Å². The molecule has 37 heavy (non-hydrogen) atoms. The van der Waals surface area contributed by atoms with E-state index in [0.717, 1.165) is 65.5 Å². The third-order valence-corrected chi connectivity index (χ3v) is 6.79. The first kappa shape index (κ1) is 24.8. The van der Waals surface area contributed by atoms with Crippen LogP contribution in [0.15, 0.2) is 73.3 Å². The van der Waals surface area contributed by atoms with Gasteiger partial charge in [0, 0.05) is 30.9 Å². The van der Waals surface area contributed by atoms with Crippen LogP contribution in [0.2, 0.25) is 5.02 Å². The van der Waals surface area contributed by atoms with Crippen LogP contribution in [0.25, 0.3) is 22.9 Å². The molecule has 1 N–H and O–H groups in total. The summed E-state index contributed by atoms with van der Waals surface area (Å²) < 4.78 is 41.9. The minimum absolute atomic E-state index is 0.0565. The molecule has 1 saturated carbocycles. The molecular formula is C28H21ClF3N3O2. The van der Waals surface area contributed by atoms with Crippen molar-refractivity contribution in [2.75, 3.05) is 0 Å². The molecule has 4 aromatic rings. The van der Waals surface area contributed by atoms with E-state index >= 15 is 0 Å². The van der Waals surface area contributed by atoms with E-state index in [1.165, 1.54) is 6.08 Å². The second-order valence-corrected chi connectivity index (χ2v) is 9.28. The van der Waals surface area contributed by atoms with E-state index in [9.17, 15) is 18.0 Å². The van der Waals surface area contributed by atoms with Crippen LogP contribution in [0.4, 0.5) is 13.2 Å². The zero-order valence-corrected chi connectivity index (χ0v) is 20.2. The number of rotatable bonds is 6. The van der Waals surface area contributed by atoms with Crippen molar-refractivity contribution < 1.29 is 23.1 Å². The predicted octanol–water partition coefficient (Wildman–Crippen LogP) is 7.26. The van der Waals surface area contributed by atoms with Crippen LogP contribution >= 0.6 is 11.6 Å². The highest BCUT2D eigenvalue weighted by molar-refractivity contribution is 6.32. The fraction of sp³-hybridized carbons (Fsp3) is 0.179. The highest BCUT2D eigenvalue weighted by Crippen LogP contribution is 2.46. The lowest BCUT2D eigenvalue weighted by Gasteiger charge is -2.31. The molecular weight excluding hydrogens is 503 g/mol. The van der Waals surface area contributed by atoms with Gasteiger partial charge < -0.3 is 9.51 Å². The monoisotopic (exact) mass is 523 g/mol. The summed E-state index contributed by atoms with van der Waals surface area (Å²) in [6, 6.07) is 12.1. The Bertz CT molecular complexity index is 1530. The SMILES string of the molecule is O=C(O)C=Cc1ccc(C(=C(c2ncc(C(F)(F)F)cc2Cl)C2CCC2)c2ccc3nccn3c2)cc1. The number of fused-ring (bicyclic) bond motifs is 1. The predicted molar refractivity (Wildman–Crippen MR) is 136 cm³/mol.